The van der Waals surface area contributed by atoms with E-state index in [-0.39, 0.29) is 0 Å². The van der Waals surface area contributed by atoms with E-state index in [1.807, 2.05) is 6.07 Å². The lowest BCUT2D eigenvalue weighted by atomic mass is 10.0. The molecule has 1 aromatic heterocycles. The van der Waals surface area contributed by atoms with Gasteiger partial charge < -0.3 is 5.32 Å². The van der Waals surface area contributed by atoms with E-state index in [2.05, 4.69) is 55.6 Å². The van der Waals surface area contributed by atoms with Crippen LogP contribution in [0.3, 0.4) is 0 Å². The van der Waals surface area contributed by atoms with Gasteiger partial charge in [0.25, 0.3) is 0 Å². The van der Waals surface area contributed by atoms with Gasteiger partial charge in [-0.2, -0.15) is 0 Å². The number of nitrogens with one attached hydrogen (secondary N) is 1. The summed E-state index contributed by atoms with van der Waals surface area (Å²) in [5, 5.41) is 3.56. The molecule has 1 heterocycles. The van der Waals surface area contributed by atoms with Crippen LogP contribution in [0, 0.1) is 0 Å². The minimum absolute atomic E-state index is 0.355. The maximum absolute atomic E-state index is 5.95. The van der Waals surface area contributed by atoms with Crippen molar-refractivity contribution in [3.05, 3.63) is 57.2 Å². The second-order valence-electron chi connectivity index (χ2n) is 4.58. The minimum atomic E-state index is 0.355. The van der Waals surface area contributed by atoms with E-state index in [1.165, 1.54) is 10.4 Å². The average molecular weight is 280 g/mol. The molecule has 0 fully saturated rings. The fraction of sp³-hybridized carbons (Fsp3) is 0.333. The Bertz CT molecular complexity index is 480. The highest BCUT2D eigenvalue weighted by atomic mass is 35.5. The highest BCUT2D eigenvalue weighted by Gasteiger charge is 2.10. The summed E-state index contributed by atoms with van der Waals surface area (Å²) in [4.78, 5) is 1.29. The highest BCUT2D eigenvalue weighted by Crippen LogP contribution is 2.27. The van der Waals surface area contributed by atoms with Gasteiger partial charge in [0.15, 0.2) is 0 Å². The van der Waals surface area contributed by atoms with Crippen LogP contribution in [-0.4, -0.2) is 6.54 Å². The molecule has 2 rings (SSSR count). The molecular weight excluding hydrogens is 262 g/mol. The molecule has 1 aromatic carbocycles. The minimum Gasteiger partial charge on any atom is -0.309 e. The average Bonchev–Trinajstić information content (AvgIpc) is 2.83. The topological polar surface area (TPSA) is 12.0 Å². The van der Waals surface area contributed by atoms with E-state index in [0.29, 0.717) is 12.0 Å². The molecule has 18 heavy (non-hydrogen) atoms. The number of hydrogen-bond acceptors (Lipinski definition) is 2. The fourth-order valence-corrected chi connectivity index (χ4v) is 3.00. The zero-order valence-corrected chi connectivity index (χ0v) is 12.3. The van der Waals surface area contributed by atoms with Crippen LogP contribution in [0.15, 0.2) is 42.5 Å². The summed E-state index contributed by atoms with van der Waals surface area (Å²) in [5.74, 6) is 0.518. The Hall–Kier alpha value is -0.830. The third-order valence-corrected chi connectivity index (χ3v) is 4.53. The van der Waals surface area contributed by atoms with Gasteiger partial charge in [-0.05, 0) is 30.5 Å². The van der Waals surface area contributed by atoms with Gasteiger partial charge in [0.05, 0.1) is 4.34 Å². The third kappa shape index (κ3) is 3.58. The SMILES string of the molecule is CC(CNC(C)c1ccc(Cl)s1)c1ccccc1. The number of benzene rings is 1. The molecule has 0 amide bonds. The van der Waals surface area contributed by atoms with Crippen molar-refractivity contribution in [2.24, 2.45) is 0 Å². The molecular formula is C15H18ClNS. The number of hydrogen-bond donors (Lipinski definition) is 1. The first-order valence-electron chi connectivity index (χ1n) is 6.20. The lowest BCUT2D eigenvalue weighted by molar-refractivity contribution is 0.543. The van der Waals surface area contributed by atoms with Crippen LogP contribution in [0.2, 0.25) is 4.34 Å². The summed E-state index contributed by atoms with van der Waals surface area (Å²) >= 11 is 7.60. The Morgan fingerprint density at radius 1 is 1.11 bits per heavy atom. The molecule has 0 aliphatic heterocycles. The zero-order chi connectivity index (χ0) is 13.0. The predicted molar refractivity (Wildman–Crippen MR) is 80.6 cm³/mol. The molecule has 2 unspecified atom stereocenters. The second kappa shape index (κ2) is 6.37. The van der Waals surface area contributed by atoms with Crippen molar-refractivity contribution < 1.29 is 0 Å². The van der Waals surface area contributed by atoms with Crippen LogP contribution in [0.4, 0.5) is 0 Å². The van der Waals surface area contributed by atoms with Crippen LogP contribution in [0.5, 0.6) is 0 Å². The van der Waals surface area contributed by atoms with E-state index < -0.39 is 0 Å². The van der Waals surface area contributed by atoms with Gasteiger partial charge in [0.1, 0.15) is 0 Å². The summed E-state index contributed by atoms with van der Waals surface area (Å²) in [7, 11) is 0. The highest BCUT2D eigenvalue weighted by molar-refractivity contribution is 7.16. The van der Waals surface area contributed by atoms with Crippen LogP contribution in [0.25, 0.3) is 0 Å². The summed E-state index contributed by atoms with van der Waals surface area (Å²) in [6.45, 7) is 5.40. The lowest BCUT2D eigenvalue weighted by Crippen LogP contribution is -2.22. The van der Waals surface area contributed by atoms with Crippen molar-refractivity contribution in [1.29, 1.82) is 0 Å². The zero-order valence-electron chi connectivity index (χ0n) is 10.7. The summed E-state index contributed by atoms with van der Waals surface area (Å²) in [6, 6.07) is 15.0. The van der Waals surface area contributed by atoms with Crippen LogP contribution < -0.4 is 5.32 Å². The molecule has 0 saturated heterocycles. The molecule has 2 atom stereocenters. The normalized spacial score (nSPS) is 14.4. The molecule has 2 aromatic rings. The maximum atomic E-state index is 5.95. The van der Waals surface area contributed by atoms with Gasteiger partial charge in [0, 0.05) is 17.5 Å². The summed E-state index contributed by atoms with van der Waals surface area (Å²) in [6.07, 6.45) is 0. The Labute approximate surface area is 118 Å². The van der Waals surface area contributed by atoms with E-state index in [0.717, 1.165) is 10.9 Å². The van der Waals surface area contributed by atoms with E-state index in [1.54, 1.807) is 11.3 Å². The molecule has 1 nitrogen and oxygen atoms in total. The smallest absolute Gasteiger partial charge is 0.0931 e. The monoisotopic (exact) mass is 279 g/mol. The van der Waals surface area contributed by atoms with Gasteiger partial charge >= 0.3 is 0 Å². The van der Waals surface area contributed by atoms with Crippen LogP contribution in [0.1, 0.15) is 36.2 Å². The van der Waals surface area contributed by atoms with Crippen LogP contribution in [-0.2, 0) is 0 Å². The molecule has 1 N–H and O–H groups in total. The standard InChI is InChI=1S/C15H18ClNS/c1-11(13-6-4-3-5-7-13)10-17-12(2)14-8-9-15(16)18-14/h3-9,11-12,17H,10H2,1-2H3. The van der Waals surface area contributed by atoms with E-state index in [9.17, 15) is 0 Å². The lowest BCUT2D eigenvalue weighted by Gasteiger charge is -2.17. The quantitative estimate of drug-likeness (QED) is 0.824. The molecule has 0 aliphatic rings. The largest absolute Gasteiger partial charge is 0.309 e. The first-order chi connectivity index (χ1) is 8.66. The van der Waals surface area contributed by atoms with Crippen molar-refractivity contribution in [2.75, 3.05) is 6.54 Å². The van der Waals surface area contributed by atoms with Gasteiger partial charge in [-0.25, -0.2) is 0 Å². The maximum Gasteiger partial charge on any atom is 0.0931 e. The Kier molecular flexibility index (Phi) is 4.81. The van der Waals surface area contributed by atoms with Crippen molar-refractivity contribution in [1.82, 2.24) is 5.32 Å². The third-order valence-electron chi connectivity index (χ3n) is 3.12. The first-order valence-corrected chi connectivity index (χ1v) is 7.40. The second-order valence-corrected chi connectivity index (χ2v) is 6.33. The van der Waals surface area contributed by atoms with Crippen LogP contribution >= 0.6 is 22.9 Å². The number of thiophene rings is 1. The Morgan fingerprint density at radius 3 is 2.44 bits per heavy atom. The molecule has 0 bridgehead atoms. The van der Waals surface area contributed by atoms with Gasteiger partial charge in [-0.15, -0.1) is 11.3 Å². The summed E-state index contributed by atoms with van der Waals surface area (Å²) < 4.78 is 0.856. The van der Waals surface area contributed by atoms with Gasteiger partial charge in [0.2, 0.25) is 0 Å². The molecule has 0 radical (unpaired) electrons. The van der Waals surface area contributed by atoms with E-state index in [4.69, 9.17) is 11.6 Å². The predicted octanol–water partition coefficient (Wildman–Crippen LogP) is 4.86. The molecule has 96 valence electrons. The summed E-state index contributed by atoms with van der Waals surface area (Å²) in [5.41, 5.74) is 1.38. The van der Waals surface area contributed by atoms with Crippen molar-refractivity contribution in [2.45, 2.75) is 25.8 Å². The molecule has 3 heteroatoms. The molecule has 0 aliphatic carbocycles. The van der Waals surface area contributed by atoms with Crippen molar-refractivity contribution in [3.63, 3.8) is 0 Å². The Morgan fingerprint density at radius 2 is 1.83 bits per heavy atom. The fourth-order valence-electron chi connectivity index (χ4n) is 1.91. The van der Waals surface area contributed by atoms with E-state index >= 15 is 0 Å². The number of rotatable bonds is 5. The first kappa shape index (κ1) is 13.6. The molecule has 0 saturated carbocycles. The van der Waals surface area contributed by atoms with Gasteiger partial charge in [-0.3, -0.25) is 0 Å². The van der Waals surface area contributed by atoms with Crippen molar-refractivity contribution >= 4 is 22.9 Å². The van der Waals surface area contributed by atoms with Crippen molar-refractivity contribution in [3.8, 4) is 0 Å². The molecule has 0 spiro atoms. The Balaban J connectivity index is 1.88. The van der Waals surface area contributed by atoms with Gasteiger partial charge in [-0.1, -0.05) is 48.9 Å². The number of halogens is 1.